The molecule has 3 aromatic heterocycles. The van der Waals surface area contributed by atoms with Crippen LogP contribution in [0.1, 0.15) is 54.2 Å². The zero-order valence-electron chi connectivity index (χ0n) is 19.1. The van der Waals surface area contributed by atoms with Gasteiger partial charge < -0.3 is 10.1 Å². The lowest BCUT2D eigenvalue weighted by molar-refractivity contribution is -0.0350. The number of nitrogens with zero attached hydrogens (tertiary/aromatic N) is 5. The number of ether oxygens (including phenoxy) is 1. The molecule has 4 heterocycles. The van der Waals surface area contributed by atoms with Gasteiger partial charge in [0.2, 0.25) is 0 Å². The lowest BCUT2D eigenvalue weighted by atomic mass is 10.1. The summed E-state index contributed by atoms with van der Waals surface area (Å²) in [7, 11) is 0. The Morgan fingerprint density at radius 2 is 2.00 bits per heavy atom. The maximum atomic E-state index is 6.06. The number of morpholine rings is 1. The predicted molar refractivity (Wildman–Crippen MR) is 123 cm³/mol. The van der Waals surface area contributed by atoms with Crippen molar-refractivity contribution in [2.45, 2.75) is 53.3 Å². The van der Waals surface area contributed by atoms with Gasteiger partial charge >= 0.3 is 0 Å². The van der Waals surface area contributed by atoms with Crippen LogP contribution in [0.4, 0.5) is 11.5 Å². The fourth-order valence-corrected chi connectivity index (χ4v) is 4.10. The minimum Gasteiger partial charge on any atom is -0.369 e. The minimum absolute atomic E-state index is 0.0276. The molecule has 7 nitrogen and oxygen atoms in total. The average molecular weight is 421 g/mol. The molecule has 1 aliphatic rings. The molecular formula is C24H32N6O. The number of hydrogen-bond donors (Lipinski definition) is 1. The van der Waals surface area contributed by atoms with Crippen molar-refractivity contribution in [1.29, 1.82) is 0 Å². The third-order valence-electron chi connectivity index (χ3n) is 5.88. The Morgan fingerprint density at radius 3 is 2.68 bits per heavy atom. The second-order valence-corrected chi connectivity index (χ2v) is 8.55. The van der Waals surface area contributed by atoms with Gasteiger partial charge in [0.15, 0.2) is 0 Å². The Balaban J connectivity index is 1.42. The largest absolute Gasteiger partial charge is 0.369 e. The summed E-state index contributed by atoms with van der Waals surface area (Å²) in [6.07, 6.45) is 3.61. The normalized spacial score (nSPS) is 17.3. The number of hydrogen-bond acceptors (Lipinski definition) is 6. The summed E-state index contributed by atoms with van der Waals surface area (Å²) < 4.78 is 8.18. The van der Waals surface area contributed by atoms with Crippen molar-refractivity contribution in [3.05, 3.63) is 64.9 Å². The quantitative estimate of drug-likeness (QED) is 0.633. The maximum absolute atomic E-state index is 6.06. The molecule has 4 rings (SSSR count). The van der Waals surface area contributed by atoms with Crippen LogP contribution in [0, 0.1) is 20.8 Å². The molecule has 0 radical (unpaired) electrons. The van der Waals surface area contributed by atoms with Crippen LogP contribution in [0.15, 0.2) is 36.7 Å². The maximum Gasteiger partial charge on any atom is 0.133 e. The molecule has 0 saturated carbocycles. The van der Waals surface area contributed by atoms with Crippen LogP contribution in [0.25, 0.3) is 0 Å². The van der Waals surface area contributed by atoms with Crippen LogP contribution >= 0.6 is 0 Å². The monoisotopic (exact) mass is 420 g/mol. The van der Waals surface area contributed by atoms with Gasteiger partial charge in [-0.2, -0.15) is 5.10 Å². The zero-order valence-corrected chi connectivity index (χ0v) is 19.1. The smallest absolute Gasteiger partial charge is 0.133 e. The summed E-state index contributed by atoms with van der Waals surface area (Å²) in [5.74, 6) is 0.852. The van der Waals surface area contributed by atoms with Crippen LogP contribution in [0.2, 0.25) is 0 Å². The van der Waals surface area contributed by atoms with Gasteiger partial charge in [-0.1, -0.05) is 6.07 Å². The van der Waals surface area contributed by atoms with Gasteiger partial charge in [0, 0.05) is 43.1 Å². The first-order valence-corrected chi connectivity index (χ1v) is 11.0. The van der Waals surface area contributed by atoms with Crippen LogP contribution < -0.4 is 5.32 Å². The van der Waals surface area contributed by atoms with E-state index in [0.717, 1.165) is 48.1 Å². The van der Waals surface area contributed by atoms with Crippen molar-refractivity contribution in [3.8, 4) is 0 Å². The standard InChI is InChI=1S/C24H32N6O/c1-16(2)30-19(5)21(18(4)28-30)14-29-11-12-31-23(15-29)22-9-8-20(13-26-22)27-24-17(3)7-6-10-25-24/h6-10,13,16,23H,11-12,14-15H2,1-5H3,(H,25,27)/t23-/m0/s1. The van der Waals surface area contributed by atoms with Gasteiger partial charge in [-0.05, 0) is 58.4 Å². The molecule has 164 valence electrons. The highest BCUT2D eigenvalue weighted by molar-refractivity contribution is 5.57. The Labute approximate surface area is 184 Å². The molecule has 0 unspecified atom stereocenters. The predicted octanol–water partition coefficient (Wildman–Crippen LogP) is 4.50. The molecule has 7 heteroatoms. The lowest BCUT2D eigenvalue weighted by Gasteiger charge is -2.32. The average Bonchev–Trinajstić information content (AvgIpc) is 3.05. The first kappa shape index (κ1) is 21.5. The second-order valence-electron chi connectivity index (χ2n) is 8.55. The molecule has 1 saturated heterocycles. The van der Waals surface area contributed by atoms with Crippen LogP contribution in [-0.2, 0) is 11.3 Å². The van der Waals surface area contributed by atoms with E-state index >= 15 is 0 Å². The van der Waals surface area contributed by atoms with Crippen molar-refractivity contribution >= 4 is 11.5 Å². The van der Waals surface area contributed by atoms with Gasteiger partial charge in [0.05, 0.1) is 29.9 Å². The van der Waals surface area contributed by atoms with Crippen molar-refractivity contribution in [1.82, 2.24) is 24.6 Å². The van der Waals surface area contributed by atoms with Crippen molar-refractivity contribution < 1.29 is 4.74 Å². The SMILES string of the molecule is Cc1cccnc1Nc1ccc([C@@H]2CN(Cc3c(C)nn(C(C)C)c3C)CCO2)nc1. The van der Waals surface area contributed by atoms with Crippen molar-refractivity contribution in [3.63, 3.8) is 0 Å². The molecular weight excluding hydrogens is 388 g/mol. The highest BCUT2D eigenvalue weighted by Crippen LogP contribution is 2.26. The van der Waals surface area contributed by atoms with Gasteiger partial charge in [0.1, 0.15) is 11.9 Å². The third-order valence-corrected chi connectivity index (χ3v) is 5.88. The van der Waals surface area contributed by atoms with E-state index < -0.39 is 0 Å². The number of anilines is 2. The molecule has 31 heavy (non-hydrogen) atoms. The van der Waals surface area contributed by atoms with E-state index in [1.807, 2.05) is 37.4 Å². The van der Waals surface area contributed by atoms with Crippen molar-refractivity contribution in [2.24, 2.45) is 0 Å². The number of aromatic nitrogens is 4. The molecule has 1 N–H and O–H groups in total. The minimum atomic E-state index is -0.0276. The van der Waals surface area contributed by atoms with Crippen LogP contribution in [0.3, 0.4) is 0 Å². The summed E-state index contributed by atoms with van der Waals surface area (Å²) in [6, 6.07) is 8.43. The number of pyridine rings is 2. The fourth-order valence-electron chi connectivity index (χ4n) is 4.10. The van der Waals surface area contributed by atoms with E-state index in [-0.39, 0.29) is 6.10 Å². The molecule has 0 bridgehead atoms. The Kier molecular flexibility index (Phi) is 6.34. The number of nitrogens with one attached hydrogen (secondary N) is 1. The molecule has 1 fully saturated rings. The van der Waals surface area contributed by atoms with Crippen molar-refractivity contribution in [2.75, 3.05) is 25.0 Å². The van der Waals surface area contributed by atoms with E-state index in [1.54, 1.807) is 6.20 Å². The molecule has 1 atom stereocenters. The zero-order chi connectivity index (χ0) is 22.0. The molecule has 1 aliphatic heterocycles. The molecule has 3 aromatic rings. The van der Waals surface area contributed by atoms with Gasteiger partial charge in [-0.15, -0.1) is 0 Å². The first-order chi connectivity index (χ1) is 14.9. The van der Waals surface area contributed by atoms with Gasteiger partial charge in [-0.3, -0.25) is 14.6 Å². The van der Waals surface area contributed by atoms with Crippen LogP contribution in [0.5, 0.6) is 0 Å². The topological polar surface area (TPSA) is 68.1 Å². The molecule has 0 amide bonds. The number of rotatable bonds is 6. The molecule has 0 spiro atoms. The van der Waals surface area contributed by atoms with E-state index in [1.165, 1.54) is 11.3 Å². The highest BCUT2D eigenvalue weighted by atomic mass is 16.5. The third kappa shape index (κ3) is 4.78. The van der Waals surface area contributed by atoms with E-state index in [4.69, 9.17) is 9.84 Å². The summed E-state index contributed by atoms with van der Waals surface area (Å²) in [6.45, 7) is 14.0. The van der Waals surface area contributed by atoms with Gasteiger partial charge in [-0.25, -0.2) is 4.98 Å². The molecule has 0 aromatic carbocycles. The molecule has 0 aliphatic carbocycles. The second kappa shape index (κ2) is 9.16. The van der Waals surface area contributed by atoms with E-state index in [9.17, 15) is 0 Å². The number of aryl methyl sites for hydroxylation is 2. The first-order valence-electron chi connectivity index (χ1n) is 11.0. The fraction of sp³-hybridized carbons (Fsp3) is 0.458. The van der Waals surface area contributed by atoms with E-state index in [0.29, 0.717) is 12.6 Å². The highest BCUT2D eigenvalue weighted by Gasteiger charge is 2.25. The lowest BCUT2D eigenvalue weighted by Crippen LogP contribution is -2.38. The van der Waals surface area contributed by atoms with E-state index in [2.05, 4.69) is 52.6 Å². The Bertz CT molecular complexity index is 1030. The van der Waals surface area contributed by atoms with Gasteiger partial charge in [0.25, 0.3) is 0 Å². The Morgan fingerprint density at radius 1 is 1.16 bits per heavy atom. The summed E-state index contributed by atoms with van der Waals surface area (Å²) in [5, 5.41) is 8.07. The summed E-state index contributed by atoms with van der Waals surface area (Å²) >= 11 is 0. The summed E-state index contributed by atoms with van der Waals surface area (Å²) in [5.41, 5.74) is 6.68. The Hall–Kier alpha value is -2.77. The summed E-state index contributed by atoms with van der Waals surface area (Å²) in [4.78, 5) is 11.5. The van der Waals surface area contributed by atoms with Crippen LogP contribution in [-0.4, -0.2) is 44.3 Å².